The molecule has 1 aliphatic rings. The van der Waals surface area contributed by atoms with E-state index in [9.17, 15) is 19.5 Å². The number of Topliss-reactive ketones (excluding diaryl/α,β-unsaturated/α-hetero) is 1. The minimum absolute atomic E-state index is 0.0853. The van der Waals surface area contributed by atoms with Crippen molar-refractivity contribution in [1.82, 2.24) is 4.98 Å². The first-order valence-electron chi connectivity index (χ1n) is 14.0. The Labute approximate surface area is 249 Å². The molecule has 42 heavy (non-hydrogen) atoms. The maximum Gasteiger partial charge on any atom is 0.350 e. The zero-order valence-corrected chi connectivity index (χ0v) is 25.6. The number of ether oxygens (including phenoxy) is 3. The van der Waals surface area contributed by atoms with E-state index < -0.39 is 23.7 Å². The highest BCUT2D eigenvalue weighted by Crippen LogP contribution is 2.46. The number of thiazole rings is 1. The normalized spacial score (nSPS) is 16.1. The molecule has 1 atom stereocenters. The average Bonchev–Trinajstić information content (AvgIpc) is 3.48. The lowest BCUT2D eigenvalue weighted by atomic mass is 9.93. The second kappa shape index (κ2) is 13.2. The van der Waals surface area contributed by atoms with Gasteiger partial charge >= 0.3 is 11.9 Å². The van der Waals surface area contributed by atoms with Crippen LogP contribution in [0.1, 0.15) is 76.8 Å². The van der Waals surface area contributed by atoms with Crippen LogP contribution in [0.25, 0.3) is 5.76 Å². The van der Waals surface area contributed by atoms with Gasteiger partial charge in [-0.05, 0) is 63.4 Å². The number of aromatic nitrogens is 1. The van der Waals surface area contributed by atoms with Crippen molar-refractivity contribution in [2.45, 2.75) is 59.9 Å². The van der Waals surface area contributed by atoms with Crippen LogP contribution in [0.2, 0.25) is 0 Å². The van der Waals surface area contributed by atoms with E-state index in [1.165, 1.54) is 12.0 Å². The van der Waals surface area contributed by atoms with Crippen LogP contribution in [0.3, 0.4) is 0 Å². The molecule has 0 spiro atoms. The van der Waals surface area contributed by atoms with Crippen LogP contribution in [0.5, 0.6) is 11.5 Å². The van der Waals surface area contributed by atoms with Crippen molar-refractivity contribution >= 4 is 39.9 Å². The molecule has 0 bridgehead atoms. The lowest BCUT2D eigenvalue weighted by Crippen LogP contribution is -2.29. The number of esters is 1. The molecular weight excluding hydrogens is 556 g/mol. The summed E-state index contributed by atoms with van der Waals surface area (Å²) in [4.78, 5) is 45.8. The van der Waals surface area contributed by atoms with Crippen LogP contribution in [-0.4, -0.2) is 48.1 Å². The topological polar surface area (TPSA) is 115 Å². The lowest BCUT2D eigenvalue weighted by Gasteiger charge is -2.24. The summed E-state index contributed by atoms with van der Waals surface area (Å²) in [5.74, 6) is -1.63. The minimum atomic E-state index is -1.05. The third-order valence-electron chi connectivity index (χ3n) is 7.05. The predicted octanol–water partition coefficient (Wildman–Crippen LogP) is 6.45. The number of aliphatic hydroxyl groups excluding tert-OH is 1. The molecule has 1 unspecified atom stereocenters. The molecule has 9 nitrogen and oxygen atoms in total. The zero-order valence-electron chi connectivity index (χ0n) is 24.8. The van der Waals surface area contributed by atoms with Gasteiger partial charge in [0.15, 0.2) is 16.6 Å². The zero-order chi connectivity index (χ0) is 30.6. The lowest BCUT2D eigenvalue weighted by molar-refractivity contribution is -0.132. The highest BCUT2D eigenvalue weighted by atomic mass is 32.1. The number of amides is 1. The number of carbonyl (C=O) groups is 3. The van der Waals surface area contributed by atoms with E-state index in [0.717, 1.165) is 41.7 Å². The van der Waals surface area contributed by atoms with Gasteiger partial charge in [0.2, 0.25) is 0 Å². The Morgan fingerprint density at radius 2 is 1.81 bits per heavy atom. The van der Waals surface area contributed by atoms with Gasteiger partial charge in [-0.1, -0.05) is 54.9 Å². The van der Waals surface area contributed by atoms with Crippen molar-refractivity contribution in [2.24, 2.45) is 0 Å². The summed E-state index contributed by atoms with van der Waals surface area (Å²) in [6.45, 7) is 9.86. The fourth-order valence-electron chi connectivity index (χ4n) is 4.86. The van der Waals surface area contributed by atoms with Crippen molar-refractivity contribution in [2.75, 3.05) is 25.2 Å². The number of aryl methyl sites for hydroxylation is 3. The van der Waals surface area contributed by atoms with Crippen molar-refractivity contribution in [1.29, 1.82) is 0 Å². The van der Waals surface area contributed by atoms with Gasteiger partial charge in [0.05, 0.1) is 37.6 Å². The standard InChI is InChI=1S/C32H36N2O7S/c1-7-9-10-15-41-23-14-13-21(17-24(23)39-6)26-25(27(35)22-16-18(3)11-12-19(22)4)28(36)30(37)34(26)32-33-20(5)29(42-32)31(38)40-8-2/h11-14,16-17,26,35H,7-10,15H2,1-6H3. The van der Waals surface area contributed by atoms with Gasteiger partial charge in [-0.2, -0.15) is 0 Å². The van der Waals surface area contributed by atoms with Crippen LogP contribution in [0.15, 0.2) is 42.0 Å². The van der Waals surface area contributed by atoms with E-state index in [0.29, 0.717) is 34.9 Å². The number of ketones is 1. The number of hydrogen-bond donors (Lipinski definition) is 1. The molecule has 0 radical (unpaired) electrons. The number of nitrogens with zero attached hydrogens (tertiary/aromatic N) is 2. The number of anilines is 1. The molecule has 222 valence electrons. The van der Waals surface area contributed by atoms with Crippen LogP contribution in [0, 0.1) is 20.8 Å². The fourth-order valence-corrected chi connectivity index (χ4v) is 5.85. The Bertz CT molecular complexity index is 1540. The van der Waals surface area contributed by atoms with Gasteiger partial charge in [-0.25, -0.2) is 9.78 Å². The minimum Gasteiger partial charge on any atom is -0.507 e. The van der Waals surface area contributed by atoms with Crippen LogP contribution in [-0.2, 0) is 14.3 Å². The SMILES string of the molecule is CCCCCOc1ccc(C2C(=C(O)c3cc(C)ccc3C)C(=O)C(=O)N2c2nc(C)c(C(=O)OCC)s2)cc1OC. The third-order valence-corrected chi connectivity index (χ3v) is 8.19. The van der Waals surface area contributed by atoms with Gasteiger partial charge in [-0.3, -0.25) is 14.5 Å². The summed E-state index contributed by atoms with van der Waals surface area (Å²) in [5.41, 5.74) is 2.86. The highest BCUT2D eigenvalue weighted by molar-refractivity contribution is 7.17. The molecule has 2 heterocycles. The Morgan fingerprint density at radius 3 is 2.50 bits per heavy atom. The highest BCUT2D eigenvalue weighted by Gasteiger charge is 2.48. The molecule has 1 saturated heterocycles. The number of aliphatic hydroxyl groups is 1. The molecule has 4 rings (SSSR count). The largest absolute Gasteiger partial charge is 0.507 e. The summed E-state index contributed by atoms with van der Waals surface area (Å²) in [6, 6.07) is 9.64. The second-order valence-electron chi connectivity index (χ2n) is 10.1. The molecular formula is C32H36N2O7S. The Kier molecular flexibility index (Phi) is 9.67. The van der Waals surface area contributed by atoms with Crippen LogP contribution in [0.4, 0.5) is 5.13 Å². The van der Waals surface area contributed by atoms with Gasteiger partial charge < -0.3 is 19.3 Å². The summed E-state index contributed by atoms with van der Waals surface area (Å²) >= 11 is 0.960. The van der Waals surface area contributed by atoms with Crippen LogP contribution >= 0.6 is 11.3 Å². The third kappa shape index (κ3) is 6.04. The predicted molar refractivity (Wildman–Crippen MR) is 162 cm³/mol. The summed E-state index contributed by atoms with van der Waals surface area (Å²) in [5, 5.41) is 11.7. The smallest absolute Gasteiger partial charge is 0.350 e. The number of rotatable bonds is 11. The monoisotopic (exact) mass is 592 g/mol. The molecule has 1 fully saturated rings. The molecule has 3 aromatic rings. The molecule has 1 N–H and O–H groups in total. The molecule has 1 aliphatic heterocycles. The molecule has 1 amide bonds. The van der Waals surface area contributed by atoms with Gasteiger partial charge in [0.25, 0.3) is 5.78 Å². The average molecular weight is 593 g/mol. The van der Waals surface area contributed by atoms with Crippen molar-refractivity contribution in [3.8, 4) is 11.5 Å². The quantitative estimate of drug-likeness (QED) is 0.0888. The maximum absolute atomic E-state index is 13.7. The van der Waals surface area contributed by atoms with Crippen molar-refractivity contribution < 1.29 is 33.7 Å². The van der Waals surface area contributed by atoms with Gasteiger partial charge in [0, 0.05) is 5.56 Å². The first-order valence-corrected chi connectivity index (χ1v) is 14.8. The van der Waals surface area contributed by atoms with Crippen LogP contribution < -0.4 is 14.4 Å². The van der Waals surface area contributed by atoms with E-state index in [1.54, 1.807) is 38.1 Å². The first-order chi connectivity index (χ1) is 20.1. The molecule has 1 aromatic heterocycles. The van der Waals surface area contributed by atoms with Crippen molar-refractivity contribution in [3.63, 3.8) is 0 Å². The van der Waals surface area contributed by atoms with E-state index in [1.807, 2.05) is 26.0 Å². The number of unbranched alkanes of at least 4 members (excludes halogenated alkanes) is 2. The van der Waals surface area contributed by atoms with Gasteiger partial charge in [-0.15, -0.1) is 0 Å². The number of carbonyl (C=O) groups excluding carboxylic acids is 3. The molecule has 0 saturated carbocycles. The maximum atomic E-state index is 13.7. The van der Waals surface area contributed by atoms with E-state index in [2.05, 4.69) is 11.9 Å². The number of methoxy groups -OCH3 is 1. The summed E-state index contributed by atoms with van der Waals surface area (Å²) < 4.78 is 16.7. The first kappa shape index (κ1) is 30.8. The fraction of sp³-hybridized carbons (Fsp3) is 0.375. The van der Waals surface area contributed by atoms with E-state index >= 15 is 0 Å². The molecule has 10 heteroatoms. The Balaban J connectivity index is 1.90. The number of benzene rings is 2. The van der Waals surface area contributed by atoms with E-state index in [4.69, 9.17) is 14.2 Å². The summed E-state index contributed by atoms with van der Waals surface area (Å²) in [7, 11) is 1.51. The molecule has 2 aromatic carbocycles. The summed E-state index contributed by atoms with van der Waals surface area (Å²) in [6.07, 6.45) is 2.99. The van der Waals surface area contributed by atoms with Gasteiger partial charge in [0.1, 0.15) is 10.6 Å². The van der Waals surface area contributed by atoms with E-state index in [-0.39, 0.29) is 27.9 Å². The number of hydrogen-bond acceptors (Lipinski definition) is 9. The van der Waals surface area contributed by atoms with Crippen molar-refractivity contribution in [3.05, 3.63) is 74.8 Å². The molecule has 0 aliphatic carbocycles. The Morgan fingerprint density at radius 1 is 1.05 bits per heavy atom. The Hall–Kier alpha value is -4.18. The second-order valence-corrected chi connectivity index (χ2v) is 11.1.